The Morgan fingerprint density at radius 1 is 1.26 bits per heavy atom. The monoisotopic (exact) mass is 267 g/mol. The van der Waals surface area contributed by atoms with Gasteiger partial charge in [-0.25, -0.2) is 0 Å². The molecule has 0 aromatic heterocycles. The lowest BCUT2D eigenvalue weighted by molar-refractivity contribution is -0.145. The van der Waals surface area contributed by atoms with Crippen LogP contribution in [0.1, 0.15) is 12.8 Å². The lowest BCUT2D eigenvalue weighted by Gasteiger charge is -2.39. The molecule has 2 aliphatic rings. The number of carbonyl (C=O) groups excluding carboxylic acids is 1. The van der Waals surface area contributed by atoms with Gasteiger partial charge in [0.25, 0.3) is 0 Å². The summed E-state index contributed by atoms with van der Waals surface area (Å²) >= 11 is 0. The van der Waals surface area contributed by atoms with Crippen LogP contribution in [0.15, 0.2) is 0 Å². The van der Waals surface area contributed by atoms with Crippen molar-refractivity contribution in [1.29, 1.82) is 5.26 Å². The van der Waals surface area contributed by atoms with Crippen LogP contribution < -0.4 is 0 Å². The number of aliphatic hydroxyl groups is 1. The second kappa shape index (κ2) is 6.33. The molecule has 2 heterocycles. The molecule has 19 heavy (non-hydrogen) atoms. The van der Waals surface area contributed by atoms with Gasteiger partial charge in [-0.15, -0.1) is 0 Å². The van der Waals surface area contributed by atoms with E-state index in [1.54, 1.807) is 4.90 Å². The first-order valence-electron chi connectivity index (χ1n) is 6.83. The van der Waals surface area contributed by atoms with Gasteiger partial charge in [0.15, 0.2) is 0 Å². The van der Waals surface area contributed by atoms with Crippen molar-refractivity contribution in [2.75, 3.05) is 52.5 Å². The SMILES string of the molecule is N#CC1(C(=O)N2CCN(CCO)CC2)CCOCC1. The number of rotatable bonds is 3. The molecule has 106 valence electrons. The maximum atomic E-state index is 12.6. The Bertz CT molecular complexity index is 353. The van der Waals surface area contributed by atoms with E-state index in [2.05, 4.69) is 11.0 Å². The number of hydrogen-bond donors (Lipinski definition) is 1. The molecule has 0 saturated carbocycles. The van der Waals surface area contributed by atoms with E-state index in [1.807, 2.05) is 0 Å². The standard InChI is InChI=1S/C13H21N3O3/c14-11-13(1-9-19-10-2-13)12(18)16-5-3-15(4-6-16)7-8-17/h17H,1-10H2. The summed E-state index contributed by atoms with van der Waals surface area (Å²) in [5.41, 5.74) is -0.878. The highest BCUT2D eigenvalue weighted by Crippen LogP contribution is 2.32. The van der Waals surface area contributed by atoms with E-state index >= 15 is 0 Å². The van der Waals surface area contributed by atoms with Crippen LogP contribution in [0.2, 0.25) is 0 Å². The number of hydrogen-bond acceptors (Lipinski definition) is 5. The van der Waals surface area contributed by atoms with Gasteiger partial charge in [0.1, 0.15) is 5.41 Å². The Morgan fingerprint density at radius 2 is 1.89 bits per heavy atom. The molecule has 0 aromatic carbocycles. The highest BCUT2D eigenvalue weighted by Gasteiger charge is 2.43. The molecule has 2 aliphatic heterocycles. The Labute approximate surface area is 113 Å². The number of aliphatic hydroxyl groups excluding tert-OH is 1. The van der Waals surface area contributed by atoms with Crippen LogP contribution in [0, 0.1) is 16.7 Å². The Morgan fingerprint density at radius 3 is 2.42 bits per heavy atom. The Balaban J connectivity index is 1.95. The minimum absolute atomic E-state index is 0.0399. The molecule has 0 spiro atoms. The summed E-state index contributed by atoms with van der Waals surface area (Å²) in [6.45, 7) is 4.60. The average Bonchev–Trinajstić information content (AvgIpc) is 2.48. The molecule has 1 amide bonds. The Kier molecular flexibility index (Phi) is 4.75. The highest BCUT2D eigenvalue weighted by atomic mass is 16.5. The van der Waals surface area contributed by atoms with Gasteiger partial charge >= 0.3 is 0 Å². The van der Waals surface area contributed by atoms with Crippen LogP contribution in [-0.4, -0.2) is 73.4 Å². The molecule has 0 atom stereocenters. The fourth-order valence-corrected chi connectivity index (χ4v) is 2.71. The van der Waals surface area contributed by atoms with Crippen molar-refractivity contribution in [3.05, 3.63) is 0 Å². The molecule has 0 aromatic rings. The summed E-state index contributed by atoms with van der Waals surface area (Å²) < 4.78 is 5.26. The molecule has 2 rings (SSSR count). The molecule has 0 bridgehead atoms. The summed E-state index contributed by atoms with van der Waals surface area (Å²) in [6, 6.07) is 2.23. The third-order valence-electron chi connectivity index (χ3n) is 4.05. The third kappa shape index (κ3) is 3.06. The zero-order valence-electron chi connectivity index (χ0n) is 11.2. The van der Waals surface area contributed by atoms with Gasteiger partial charge in [-0.05, 0) is 12.8 Å². The fourth-order valence-electron chi connectivity index (χ4n) is 2.71. The normalized spacial score (nSPS) is 23.9. The summed E-state index contributed by atoms with van der Waals surface area (Å²) in [5, 5.41) is 18.3. The van der Waals surface area contributed by atoms with Crippen LogP contribution in [0.25, 0.3) is 0 Å². The van der Waals surface area contributed by atoms with Crippen molar-refractivity contribution in [3.8, 4) is 6.07 Å². The lowest BCUT2D eigenvalue weighted by atomic mass is 9.80. The smallest absolute Gasteiger partial charge is 0.243 e. The van der Waals surface area contributed by atoms with Crippen molar-refractivity contribution >= 4 is 5.91 Å². The van der Waals surface area contributed by atoms with E-state index in [0.717, 1.165) is 13.1 Å². The number of nitriles is 1. The van der Waals surface area contributed by atoms with Gasteiger partial charge in [-0.2, -0.15) is 5.26 Å². The van der Waals surface area contributed by atoms with Crippen molar-refractivity contribution in [1.82, 2.24) is 9.80 Å². The van der Waals surface area contributed by atoms with E-state index in [1.165, 1.54) is 0 Å². The second-order valence-electron chi connectivity index (χ2n) is 5.16. The minimum Gasteiger partial charge on any atom is -0.395 e. The molecular formula is C13H21N3O3. The molecule has 6 heteroatoms. The Hall–Kier alpha value is -1.16. The van der Waals surface area contributed by atoms with E-state index in [0.29, 0.717) is 45.7 Å². The predicted molar refractivity (Wildman–Crippen MR) is 68.2 cm³/mol. The van der Waals surface area contributed by atoms with Crippen LogP contribution in [0.5, 0.6) is 0 Å². The van der Waals surface area contributed by atoms with Crippen molar-refractivity contribution < 1.29 is 14.6 Å². The first kappa shape index (κ1) is 14.3. The van der Waals surface area contributed by atoms with Crippen LogP contribution in [-0.2, 0) is 9.53 Å². The van der Waals surface area contributed by atoms with E-state index < -0.39 is 5.41 Å². The second-order valence-corrected chi connectivity index (χ2v) is 5.16. The summed E-state index contributed by atoms with van der Waals surface area (Å²) in [7, 11) is 0. The predicted octanol–water partition coefficient (Wildman–Crippen LogP) is -0.557. The summed E-state index contributed by atoms with van der Waals surface area (Å²) in [4.78, 5) is 16.5. The molecule has 0 radical (unpaired) electrons. The third-order valence-corrected chi connectivity index (χ3v) is 4.05. The largest absolute Gasteiger partial charge is 0.395 e. The van der Waals surface area contributed by atoms with Crippen LogP contribution >= 0.6 is 0 Å². The minimum atomic E-state index is -0.878. The van der Waals surface area contributed by atoms with Crippen molar-refractivity contribution in [3.63, 3.8) is 0 Å². The lowest BCUT2D eigenvalue weighted by Crippen LogP contribution is -2.54. The number of carbonyl (C=O) groups is 1. The first-order chi connectivity index (χ1) is 9.22. The van der Waals surface area contributed by atoms with Gasteiger partial charge in [0.05, 0.1) is 12.7 Å². The van der Waals surface area contributed by atoms with Crippen LogP contribution in [0.4, 0.5) is 0 Å². The number of piperazine rings is 1. The van der Waals surface area contributed by atoms with Gasteiger partial charge < -0.3 is 14.7 Å². The molecule has 1 N–H and O–H groups in total. The maximum Gasteiger partial charge on any atom is 0.243 e. The molecular weight excluding hydrogens is 246 g/mol. The zero-order chi connectivity index (χ0) is 13.7. The topological polar surface area (TPSA) is 76.8 Å². The molecule has 6 nitrogen and oxygen atoms in total. The van der Waals surface area contributed by atoms with Gasteiger partial charge in [-0.1, -0.05) is 0 Å². The zero-order valence-corrected chi connectivity index (χ0v) is 11.2. The number of β-amino-alcohol motifs (C(OH)–C–C–N with tert-alkyl or cyclic N) is 1. The molecule has 0 unspecified atom stereocenters. The maximum absolute atomic E-state index is 12.6. The molecule has 0 aliphatic carbocycles. The highest BCUT2D eigenvalue weighted by molar-refractivity contribution is 5.85. The molecule has 2 saturated heterocycles. The number of amides is 1. The van der Waals surface area contributed by atoms with E-state index in [-0.39, 0.29) is 12.5 Å². The fraction of sp³-hybridized carbons (Fsp3) is 0.846. The van der Waals surface area contributed by atoms with E-state index in [9.17, 15) is 10.1 Å². The van der Waals surface area contributed by atoms with Gasteiger partial charge in [0, 0.05) is 45.9 Å². The van der Waals surface area contributed by atoms with Gasteiger partial charge in [0.2, 0.25) is 5.91 Å². The number of nitrogens with zero attached hydrogens (tertiary/aromatic N) is 3. The summed E-state index contributed by atoms with van der Waals surface area (Å²) in [6.07, 6.45) is 0.998. The molecule has 2 fully saturated rings. The first-order valence-corrected chi connectivity index (χ1v) is 6.83. The van der Waals surface area contributed by atoms with E-state index in [4.69, 9.17) is 9.84 Å². The quantitative estimate of drug-likeness (QED) is 0.742. The number of ether oxygens (including phenoxy) is 1. The van der Waals surface area contributed by atoms with Crippen LogP contribution in [0.3, 0.4) is 0 Å². The van der Waals surface area contributed by atoms with Crippen molar-refractivity contribution in [2.24, 2.45) is 5.41 Å². The van der Waals surface area contributed by atoms with Gasteiger partial charge in [-0.3, -0.25) is 9.69 Å². The van der Waals surface area contributed by atoms with Crippen molar-refractivity contribution in [2.45, 2.75) is 12.8 Å². The average molecular weight is 267 g/mol. The summed E-state index contributed by atoms with van der Waals surface area (Å²) in [5.74, 6) is -0.0399.